The smallest absolute Gasteiger partial charge is 0.471 e. The molecule has 0 aliphatic carbocycles. The van der Waals surface area contributed by atoms with E-state index in [0.29, 0.717) is 13.1 Å². The molecule has 1 saturated heterocycles. The maximum Gasteiger partial charge on any atom is 0.471 e. The molecule has 2 amide bonds. The number of imide groups is 1. The monoisotopic (exact) mass is 322 g/mol. The van der Waals surface area contributed by atoms with Gasteiger partial charge in [-0.2, -0.15) is 13.2 Å². The number of hydrogen-bond acceptors (Lipinski definition) is 4. The van der Waals surface area contributed by atoms with Gasteiger partial charge in [0, 0.05) is 13.1 Å². The van der Waals surface area contributed by atoms with Crippen LogP contribution in [-0.2, 0) is 4.79 Å². The predicted octanol–water partition coefficient (Wildman–Crippen LogP) is 1.51. The first-order chi connectivity index (χ1) is 9.77. The van der Waals surface area contributed by atoms with E-state index >= 15 is 0 Å². The minimum absolute atomic E-state index is 0.0705. The molecule has 0 atom stereocenters. The fraction of sp³-hybridized carbons (Fsp3) is 0.333. The molecule has 1 fully saturated rings. The molecule has 9 heteroatoms. The quantitative estimate of drug-likeness (QED) is 0.885. The topological polar surface area (TPSA) is 67.4 Å². The van der Waals surface area contributed by atoms with Crippen LogP contribution in [0, 0.1) is 0 Å². The molecule has 2 rings (SSSR count). The van der Waals surface area contributed by atoms with Crippen molar-refractivity contribution in [2.45, 2.75) is 12.3 Å². The molecule has 114 valence electrons. The van der Waals surface area contributed by atoms with Crippen molar-refractivity contribution in [1.29, 1.82) is 0 Å². The van der Waals surface area contributed by atoms with Crippen molar-refractivity contribution in [2.24, 2.45) is 0 Å². The van der Waals surface area contributed by atoms with Crippen LogP contribution in [0.4, 0.5) is 13.2 Å². The van der Waals surface area contributed by atoms with Crippen LogP contribution in [0.1, 0.15) is 10.4 Å². The van der Waals surface area contributed by atoms with Gasteiger partial charge in [0.25, 0.3) is 5.91 Å². The van der Waals surface area contributed by atoms with E-state index < -0.39 is 18.0 Å². The molecule has 0 aromatic heterocycles. The number of carbonyl (C=O) groups excluding carboxylic acids is 2. The van der Waals surface area contributed by atoms with Gasteiger partial charge in [-0.25, -0.2) is 0 Å². The minimum Gasteiger partial charge on any atom is -0.488 e. The van der Waals surface area contributed by atoms with Gasteiger partial charge in [-0.3, -0.25) is 14.9 Å². The van der Waals surface area contributed by atoms with Crippen molar-refractivity contribution in [3.05, 3.63) is 28.8 Å². The van der Waals surface area contributed by atoms with Crippen LogP contribution in [-0.4, -0.2) is 37.2 Å². The van der Waals surface area contributed by atoms with Gasteiger partial charge in [-0.1, -0.05) is 11.6 Å². The van der Waals surface area contributed by atoms with E-state index in [0.717, 1.165) is 0 Å². The van der Waals surface area contributed by atoms with Crippen LogP contribution < -0.4 is 15.4 Å². The maximum absolute atomic E-state index is 12.1. The number of halogens is 4. The Kier molecular flexibility index (Phi) is 4.38. The van der Waals surface area contributed by atoms with Gasteiger partial charge in [0.1, 0.15) is 11.9 Å². The van der Waals surface area contributed by atoms with Crippen molar-refractivity contribution in [3.63, 3.8) is 0 Å². The number of amides is 2. The Morgan fingerprint density at radius 1 is 1.33 bits per heavy atom. The highest BCUT2D eigenvalue weighted by Gasteiger charge is 2.40. The summed E-state index contributed by atoms with van der Waals surface area (Å²) in [6, 6.07) is 4.00. The number of hydrogen-bond donors (Lipinski definition) is 2. The van der Waals surface area contributed by atoms with Gasteiger partial charge in [0.15, 0.2) is 0 Å². The Balaban J connectivity index is 2.11. The lowest BCUT2D eigenvalue weighted by Gasteiger charge is -2.28. The molecule has 5 nitrogen and oxygen atoms in total. The third-order valence-electron chi connectivity index (χ3n) is 2.71. The molecule has 0 unspecified atom stereocenters. The lowest BCUT2D eigenvalue weighted by Crippen LogP contribution is -2.50. The zero-order valence-corrected chi connectivity index (χ0v) is 11.2. The molecule has 2 N–H and O–H groups in total. The highest BCUT2D eigenvalue weighted by atomic mass is 35.5. The van der Waals surface area contributed by atoms with Gasteiger partial charge in [0.2, 0.25) is 0 Å². The number of benzene rings is 1. The van der Waals surface area contributed by atoms with E-state index in [9.17, 15) is 22.8 Å². The molecule has 0 spiro atoms. The first-order valence-corrected chi connectivity index (χ1v) is 6.24. The lowest BCUT2D eigenvalue weighted by molar-refractivity contribution is -0.172. The van der Waals surface area contributed by atoms with Crippen molar-refractivity contribution >= 4 is 23.4 Å². The van der Waals surface area contributed by atoms with E-state index in [1.165, 1.54) is 23.5 Å². The Morgan fingerprint density at radius 3 is 2.52 bits per heavy atom. The average Bonchev–Trinajstić information content (AvgIpc) is 2.34. The van der Waals surface area contributed by atoms with Crippen molar-refractivity contribution in [1.82, 2.24) is 10.6 Å². The number of rotatable bonds is 3. The van der Waals surface area contributed by atoms with Crippen LogP contribution in [0.5, 0.6) is 5.75 Å². The summed E-state index contributed by atoms with van der Waals surface area (Å²) in [5.74, 6) is -3.30. The summed E-state index contributed by atoms with van der Waals surface area (Å²) in [5.41, 5.74) is -0.265. The Morgan fingerprint density at radius 2 is 2.00 bits per heavy atom. The summed E-state index contributed by atoms with van der Waals surface area (Å²) < 4.78 is 41.8. The van der Waals surface area contributed by atoms with Crippen LogP contribution in [0.25, 0.3) is 0 Å². The zero-order valence-electron chi connectivity index (χ0n) is 10.5. The first kappa shape index (κ1) is 15.6. The predicted molar refractivity (Wildman–Crippen MR) is 67.3 cm³/mol. The Labute approximate surface area is 122 Å². The highest BCUT2D eigenvalue weighted by molar-refractivity contribution is 6.34. The molecule has 1 heterocycles. The van der Waals surface area contributed by atoms with Gasteiger partial charge in [0.05, 0.1) is 10.6 Å². The second-order valence-corrected chi connectivity index (χ2v) is 4.73. The summed E-state index contributed by atoms with van der Waals surface area (Å²) in [7, 11) is 0. The van der Waals surface area contributed by atoms with Crippen molar-refractivity contribution in [3.8, 4) is 5.75 Å². The Bertz CT molecular complexity index is 573. The fourth-order valence-corrected chi connectivity index (χ4v) is 1.73. The van der Waals surface area contributed by atoms with Crippen molar-refractivity contribution < 1.29 is 27.5 Å². The van der Waals surface area contributed by atoms with Crippen molar-refractivity contribution in [2.75, 3.05) is 13.1 Å². The molecular formula is C12H10ClF3N2O3. The fourth-order valence-electron chi connectivity index (χ4n) is 1.53. The second kappa shape index (κ2) is 5.90. The van der Waals surface area contributed by atoms with Crippen LogP contribution in [0.15, 0.2) is 18.2 Å². The summed E-state index contributed by atoms with van der Waals surface area (Å²) in [4.78, 5) is 22.4. The maximum atomic E-state index is 12.1. The standard InChI is InChI=1S/C12H10ClF3N2O3/c13-9-2-1-6(21-7-4-17-5-7)3-8(9)10(19)18-11(20)12(14,15)16/h1-3,7,17H,4-5H2,(H,18,19,20). The normalized spacial score (nSPS) is 15.2. The number of nitrogens with one attached hydrogen (secondary N) is 2. The van der Waals surface area contributed by atoms with Gasteiger partial charge >= 0.3 is 12.1 Å². The van der Waals surface area contributed by atoms with Crippen LogP contribution >= 0.6 is 11.6 Å². The number of alkyl halides is 3. The van der Waals surface area contributed by atoms with E-state index in [4.69, 9.17) is 16.3 Å². The molecule has 0 saturated carbocycles. The molecule has 21 heavy (non-hydrogen) atoms. The average molecular weight is 323 g/mol. The van der Waals surface area contributed by atoms with Gasteiger partial charge < -0.3 is 10.1 Å². The van der Waals surface area contributed by atoms with E-state index in [1.54, 1.807) is 0 Å². The molecule has 1 aliphatic heterocycles. The highest BCUT2D eigenvalue weighted by Crippen LogP contribution is 2.24. The van der Waals surface area contributed by atoms with E-state index in [2.05, 4.69) is 5.32 Å². The first-order valence-electron chi connectivity index (χ1n) is 5.87. The second-order valence-electron chi connectivity index (χ2n) is 4.32. The third kappa shape index (κ3) is 3.85. The van der Waals surface area contributed by atoms with E-state index in [-0.39, 0.29) is 22.4 Å². The summed E-state index contributed by atoms with van der Waals surface area (Å²) >= 11 is 5.75. The number of ether oxygens (including phenoxy) is 1. The van der Waals surface area contributed by atoms with Crippen LogP contribution in [0.3, 0.4) is 0 Å². The largest absolute Gasteiger partial charge is 0.488 e. The zero-order chi connectivity index (χ0) is 15.6. The molecule has 1 aromatic rings. The minimum atomic E-state index is -5.14. The van der Waals surface area contributed by atoms with Gasteiger partial charge in [-0.15, -0.1) is 0 Å². The van der Waals surface area contributed by atoms with E-state index in [1.807, 2.05) is 0 Å². The lowest BCUT2D eigenvalue weighted by atomic mass is 10.2. The molecule has 1 aromatic carbocycles. The van der Waals surface area contributed by atoms with Gasteiger partial charge in [-0.05, 0) is 18.2 Å². The van der Waals surface area contributed by atoms with Crippen LogP contribution in [0.2, 0.25) is 5.02 Å². The molecular weight excluding hydrogens is 313 g/mol. The SMILES string of the molecule is O=C(NC(=O)C(F)(F)F)c1cc(OC2CNC2)ccc1Cl. The number of carbonyl (C=O) groups is 2. The summed E-state index contributed by atoms with van der Waals surface area (Å²) in [5, 5.41) is 4.12. The summed E-state index contributed by atoms with van der Waals surface area (Å²) in [6.45, 7) is 1.27. The molecule has 1 aliphatic rings. The molecule has 0 radical (unpaired) electrons. The summed E-state index contributed by atoms with van der Waals surface area (Å²) in [6.07, 6.45) is -5.22. The Hall–Kier alpha value is -1.80. The molecule has 0 bridgehead atoms. The third-order valence-corrected chi connectivity index (χ3v) is 3.04.